The molecule has 1 aliphatic heterocycles. The second-order valence-corrected chi connectivity index (χ2v) is 2.68. The molecule has 0 aromatic carbocycles. The van der Waals surface area contributed by atoms with Gasteiger partial charge in [-0.15, -0.1) is 0 Å². The molecule has 4 nitrogen and oxygen atoms in total. The molecule has 6 N–H and O–H groups in total. The van der Waals surface area contributed by atoms with E-state index < -0.39 is 0 Å². The maximum atomic E-state index is 5.54. The monoisotopic (exact) mass is 166 g/mol. The first-order valence-corrected chi connectivity index (χ1v) is 3.77. The van der Waals surface area contributed by atoms with Crippen molar-refractivity contribution < 1.29 is 0 Å². The van der Waals surface area contributed by atoms with E-state index in [9.17, 15) is 0 Å². The van der Waals surface area contributed by atoms with Crippen LogP contribution in [0.1, 0.15) is 6.92 Å². The van der Waals surface area contributed by atoms with Gasteiger partial charge in [-0.3, -0.25) is 0 Å². The fourth-order valence-electron chi connectivity index (χ4n) is 0.784. The molecule has 1 rings (SSSR count). The van der Waals surface area contributed by atoms with Crippen LogP contribution in [-0.2, 0) is 0 Å². The van der Waals surface area contributed by atoms with Crippen molar-refractivity contribution in [2.75, 3.05) is 0 Å². The molecule has 0 saturated heterocycles. The fourth-order valence-corrected chi connectivity index (χ4v) is 0.784. The highest BCUT2D eigenvalue weighted by Crippen LogP contribution is 1.97. The average Bonchev–Trinajstić information content (AvgIpc) is 2.03. The summed E-state index contributed by atoms with van der Waals surface area (Å²) in [6, 6.07) is 0. The fraction of sp³-hybridized carbons (Fsp3) is 0.250. The van der Waals surface area contributed by atoms with Crippen molar-refractivity contribution in [3.05, 3.63) is 35.9 Å². The van der Waals surface area contributed by atoms with E-state index in [0.29, 0.717) is 0 Å². The van der Waals surface area contributed by atoms with Gasteiger partial charge in [0.1, 0.15) is 0 Å². The lowest BCUT2D eigenvalue weighted by atomic mass is 10.3. The second-order valence-electron chi connectivity index (χ2n) is 2.68. The van der Waals surface area contributed by atoms with Crippen molar-refractivity contribution in [1.29, 1.82) is 0 Å². The molecular formula is C8H14N4. The van der Waals surface area contributed by atoms with Crippen LogP contribution in [0, 0.1) is 0 Å². The first-order valence-electron chi connectivity index (χ1n) is 3.77. The summed E-state index contributed by atoms with van der Waals surface area (Å²) in [6.07, 6.45) is 7.22. The molecule has 0 radical (unpaired) electrons. The van der Waals surface area contributed by atoms with E-state index in [1.807, 2.05) is 25.3 Å². The van der Waals surface area contributed by atoms with Crippen LogP contribution in [-0.4, -0.2) is 6.17 Å². The molecule has 0 spiro atoms. The maximum Gasteiger partial charge on any atom is 0.0935 e. The van der Waals surface area contributed by atoms with Crippen LogP contribution >= 0.6 is 0 Å². The SMILES string of the molecule is C/C(N)=C/NC1=CNC(N)C=C1. The molecule has 4 heteroatoms. The summed E-state index contributed by atoms with van der Waals surface area (Å²) in [5, 5.41) is 5.96. The van der Waals surface area contributed by atoms with E-state index in [0.717, 1.165) is 11.4 Å². The molecule has 66 valence electrons. The Morgan fingerprint density at radius 3 is 3.00 bits per heavy atom. The van der Waals surface area contributed by atoms with Gasteiger partial charge < -0.3 is 22.1 Å². The van der Waals surface area contributed by atoms with Gasteiger partial charge in [-0.05, 0) is 19.1 Å². The molecule has 0 bridgehead atoms. The smallest absolute Gasteiger partial charge is 0.0935 e. The Kier molecular flexibility index (Phi) is 2.76. The highest BCUT2D eigenvalue weighted by Gasteiger charge is 1.99. The Morgan fingerprint density at radius 2 is 2.50 bits per heavy atom. The number of dihydropyridines is 1. The Labute approximate surface area is 72.0 Å². The van der Waals surface area contributed by atoms with E-state index in [-0.39, 0.29) is 6.17 Å². The number of hydrogen-bond donors (Lipinski definition) is 4. The van der Waals surface area contributed by atoms with Gasteiger partial charge in [0, 0.05) is 18.1 Å². The summed E-state index contributed by atoms with van der Waals surface area (Å²) in [4.78, 5) is 0. The van der Waals surface area contributed by atoms with Crippen molar-refractivity contribution in [2.45, 2.75) is 13.1 Å². The molecule has 0 aromatic rings. The zero-order chi connectivity index (χ0) is 8.97. The average molecular weight is 166 g/mol. The molecule has 0 saturated carbocycles. The lowest BCUT2D eigenvalue weighted by molar-refractivity contribution is 0.714. The summed E-state index contributed by atoms with van der Waals surface area (Å²) in [5.41, 5.74) is 12.7. The number of nitrogens with one attached hydrogen (secondary N) is 2. The summed E-state index contributed by atoms with van der Waals surface area (Å²) in [6.45, 7) is 1.82. The molecule has 1 heterocycles. The van der Waals surface area contributed by atoms with Crippen LogP contribution in [0.2, 0.25) is 0 Å². The van der Waals surface area contributed by atoms with Gasteiger partial charge in [-0.2, -0.15) is 0 Å². The Morgan fingerprint density at radius 1 is 1.75 bits per heavy atom. The zero-order valence-electron chi connectivity index (χ0n) is 7.04. The number of rotatable bonds is 2. The molecule has 0 fully saturated rings. The van der Waals surface area contributed by atoms with Gasteiger partial charge in [-0.25, -0.2) is 0 Å². The van der Waals surface area contributed by atoms with E-state index >= 15 is 0 Å². The summed E-state index contributed by atoms with van der Waals surface area (Å²) in [5.74, 6) is 0. The number of nitrogens with two attached hydrogens (primary N) is 2. The predicted octanol–water partition coefficient (Wildman–Crippen LogP) is -0.318. The van der Waals surface area contributed by atoms with Crippen LogP contribution < -0.4 is 22.1 Å². The van der Waals surface area contributed by atoms with Crippen molar-refractivity contribution in [2.24, 2.45) is 11.5 Å². The molecule has 0 aromatic heterocycles. The van der Waals surface area contributed by atoms with Crippen LogP contribution in [0.4, 0.5) is 0 Å². The van der Waals surface area contributed by atoms with Gasteiger partial charge in [0.15, 0.2) is 0 Å². The number of hydrogen-bond acceptors (Lipinski definition) is 4. The van der Waals surface area contributed by atoms with Crippen LogP contribution in [0.15, 0.2) is 35.9 Å². The molecule has 1 aliphatic rings. The normalized spacial score (nSPS) is 23.0. The van der Waals surface area contributed by atoms with E-state index in [1.54, 1.807) is 6.20 Å². The topological polar surface area (TPSA) is 76.1 Å². The largest absolute Gasteiger partial charge is 0.401 e. The molecule has 12 heavy (non-hydrogen) atoms. The Hall–Kier alpha value is -1.42. The third kappa shape index (κ3) is 2.67. The lowest BCUT2D eigenvalue weighted by Gasteiger charge is -2.14. The van der Waals surface area contributed by atoms with Crippen molar-refractivity contribution in [3.63, 3.8) is 0 Å². The molecular weight excluding hydrogens is 152 g/mol. The van der Waals surface area contributed by atoms with Crippen molar-refractivity contribution >= 4 is 0 Å². The van der Waals surface area contributed by atoms with E-state index in [1.165, 1.54) is 0 Å². The van der Waals surface area contributed by atoms with Gasteiger partial charge in [0.25, 0.3) is 0 Å². The summed E-state index contributed by atoms with van der Waals surface area (Å²) >= 11 is 0. The first kappa shape index (κ1) is 8.67. The van der Waals surface area contributed by atoms with Crippen molar-refractivity contribution in [1.82, 2.24) is 10.6 Å². The standard InChI is InChI=1S/C8H14N4/c1-6(9)4-11-7-2-3-8(10)12-5-7/h2-5,8,11-12H,9-10H2,1H3/b6-4-. The minimum Gasteiger partial charge on any atom is -0.401 e. The molecule has 0 aliphatic carbocycles. The summed E-state index contributed by atoms with van der Waals surface area (Å²) in [7, 11) is 0. The predicted molar refractivity (Wildman–Crippen MR) is 49.4 cm³/mol. The van der Waals surface area contributed by atoms with Crippen LogP contribution in [0.25, 0.3) is 0 Å². The molecule has 1 atom stereocenters. The maximum absolute atomic E-state index is 5.54. The highest BCUT2D eigenvalue weighted by molar-refractivity contribution is 5.23. The third-order valence-electron chi connectivity index (χ3n) is 1.38. The van der Waals surface area contributed by atoms with Crippen LogP contribution in [0.3, 0.4) is 0 Å². The quantitative estimate of drug-likeness (QED) is 0.453. The van der Waals surface area contributed by atoms with Crippen molar-refractivity contribution in [3.8, 4) is 0 Å². The van der Waals surface area contributed by atoms with E-state index in [2.05, 4.69) is 10.6 Å². The Balaban J connectivity index is 2.46. The first-order chi connectivity index (χ1) is 5.68. The third-order valence-corrected chi connectivity index (χ3v) is 1.38. The minimum atomic E-state index is -0.0847. The number of allylic oxidation sites excluding steroid dienone is 2. The van der Waals surface area contributed by atoms with Gasteiger partial charge in [-0.1, -0.05) is 0 Å². The lowest BCUT2D eigenvalue weighted by Crippen LogP contribution is -2.34. The van der Waals surface area contributed by atoms with E-state index in [4.69, 9.17) is 11.5 Å². The molecule has 0 amide bonds. The zero-order valence-corrected chi connectivity index (χ0v) is 7.04. The summed E-state index contributed by atoms with van der Waals surface area (Å²) < 4.78 is 0. The minimum absolute atomic E-state index is 0.0847. The van der Waals surface area contributed by atoms with Gasteiger partial charge in [0.2, 0.25) is 0 Å². The Bertz CT molecular complexity index is 235. The van der Waals surface area contributed by atoms with Gasteiger partial charge >= 0.3 is 0 Å². The van der Waals surface area contributed by atoms with Gasteiger partial charge in [0.05, 0.1) is 11.9 Å². The molecule has 1 unspecified atom stereocenters. The highest BCUT2D eigenvalue weighted by atomic mass is 15.0. The second kappa shape index (κ2) is 3.82. The van der Waals surface area contributed by atoms with Crippen LogP contribution in [0.5, 0.6) is 0 Å².